The van der Waals surface area contributed by atoms with Crippen LogP contribution in [0.2, 0.25) is 25.7 Å². The fourth-order valence-corrected chi connectivity index (χ4v) is 7.14. The van der Waals surface area contributed by atoms with E-state index in [2.05, 4.69) is 66.3 Å². The van der Waals surface area contributed by atoms with E-state index >= 15 is 0 Å². The minimum absolute atomic E-state index is 0.0116. The van der Waals surface area contributed by atoms with Gasteiger partial charge in [0.05, 0.1) is 5.69 Å². The zero-order valence-electron chi connectivity index (χ0n) is 26.8. The number of hydrogen-bond acceptors (Lipinski definition) is 5. The summed E-state index contributed by atoms with van der Waals surface area (Å²) in [6, 6.07) is 19.5. The highest BCUT2D eigenvalue weighted by molar-refractivity contribution is 6.76. The van der Waals surface area contributed by atoms with Crippen LogP contribution < -0.4 is 5.32 Å². The number of carbonyl (C=O) groups is 1. The van der Waals surface area contributed by atoms with Gasteiger partial charge in [-0.2, -0.15) is 10.2 Å². The van der Waals surface area contributed by atoms with Gasteiger partial charge in [0.2, 0.25) is 5.91 Å². The molecule has 2 aromatic carbocycles. The summed E-state index contributed by atoms with van der Waals surface area (Å²) in [6.07, 6.45) is 5.43. The molecule has 0 bridgehead atoms. The zero-order valence-corrected chi connectivity index (χ0v) is 27.8. The highest BCUT2D eigenvalue weighted by atomic mass is 28.3. The first-order valence-electron chi connectivity index (χ1n) is 16.1. The predicted molar refractivity (Wildman–Crippen MR) is 177 cm³/mol. The van der Waals surface area contributed by atoms with Crippen LogP contribution in [0.4, 0.5) is 5.69 Å². The molecule has 44 heavy (non-hydrogen) atoms. The van der Waals surface area contributed by atoms with E-state index < -0.39 is 8.07 Å². The Kier molecular flexibility index (Phi) is 8.87. The highest BCUT2D eigenvalue weighted by Crippen LogP contribution is 2.54. The van der Waals surface area contributed by atoms with Crippen molar-refractivity contribution in [3.05, 3.63) is 83.2 Å². The van der Waals surface area contributed by atoms with Crippen LogP contribution in [0.3, 0.4) is 0 Å². The van der Waals surface area contributed by atoms with Gasteiger partial charge >= 0.3 is 0 Å². The van der Waals surface area contributed by atoms with Gasteiger partial charge in [0.25, 0.3) is 0 Å². The second-order valence-corrected chi connectivity index (χ2v) is 19.6. The van der Waals surface area contributed by atoms with E-state index in [9.17, 15) is 4.79 Å². The second kappa shape index (κ2) is 12.8. The van der Waals surface area contributed by atoms with Crippen molar-refractivity contribution in [1.29, 1.82) is 0 Å². The summed E-state index contributed by atoms with van der Waals surface area (Å²) in [7, 11) is -1.13. The third-order valence-electron chi connectivity index (χ3n) is 9.07. The van der Waals surface area contributed by atoms with E-state index in [0.717, 1.165) is 46.7 Å². The van der Waals surface area contributed by atoms with Crippen LogP contribution in [0.25, 0.3) is 11.1 Å². The number of carbonyl (C=O) groups excluding carboxylic acids is 1. The number of aryl methyl sites for hydroxylation is 1. The highest BCUT2D eigenvalue weighted by Gasteiger charge is 2.49. The lowest BCUT2D eigenvalue weighted by Gasteiger charge is -2.24. The third kappa shape index (κ3) is 7.38. The van der Waals surface area contributed by atoms with Crippen molar-refractivity contribution >= 4 is 19.7 Å². The summed E-state index contributed by atoms with van der Waals surface area (Å²) in [5, 5.41) is 15.7. The van der Waals surface area contributed by atoms with Crippen molar-refractivity contribution in [2.75, 3.05) is 11.9 Å². The molecule has 0 radical (unpaired) electrons. The summed E-state index contributed by atoms with van der Waals surface area (Å²) < 4.78 is 7.92. The lowest BCUT2D eigenvalue weighted by atomic mass is 9.82. The smallest absolute Gasteiger partial charge is 0.235 e. The Labute approximate surface area is 262 Å². The van der Waals surface area contributed by atoms with E-state index in [1.165, 1.54) is 31.2 Å². The Morgan fingerprint density at radius 1 is 1.02 bits per heavy atom. The fourth-order valence-electron chi connectivity index (χ4n) is 6.38. The molecule has 0 spiro atoms. The average molecular weight is 611 g/mol. The summed E-state index contributed by atoms with van der Waals surface area (Å²) >= 11 is 0. The maximum absolute atomic E-state index is 14.0. The summed E-state index contributed by atoms with van der Waals surface area (Å²) in [4.78, 5) is 18.9. The number of amides is 1. The Morgan fingerprint density at radius 3 is 2.34 bits per heavy atom. The molecule has 2 saturated carbocycles. The lowest BCUT2D eigenvalue weighted by Crippen LogP contribution is -2.31. The number of benzene rings is 2. The molecule has 2 N–H and O–H groups in total. The first-order chi connectivity index (χ1) is 21.2. The van der Waals surface area contributed by atoms with Crippen molar-refractivity contribution in [2.45, 2.75) is 84.3 Å². The Bertz CT molecular complexity index is 1550. The second-order valence-electron chi connectivity index (χ2n) is 14.0. The monoisotopic (exact) mass is 610 g/mol. The van der Waals surface area contributed by atoms with Gasteiger partial charge in [-0.05, 0) is 86.6 Å². The van der Waals surface area contributed by atoms with Crippen LogP contribution >= 0.6 is 0 Å². The van der Waals surface area contributed by atoms with Crippen LogP contribution in [-0.4, -0.2) is 45.5 Å². The topological polar surface area (TPSA) is 97.7 Å². The molecule has 6 rings (SSSR count). The summed E-state index contributed by atoms with van der Waals surface area (Å²) in [6.45, 7) is 12.4. The van der Waals surface area contributed by atoms with Crippen LogP contribution in [-0.2, 0) is 22.7 Å². The summed E-state index contributed by atoms with van der Waals surface area (Å²) in [5.41, 5.74) is 6.20. The number of ether oxygens (including phenoxy) is 1. The fraction of sp³-hybridized carbons (Fsp3) is 0.486. The molecule has 1 atom stereocenters. The third-order valence-corrected chi connectivity index (χ3v) is 10.8. The van der Waals surface area contributed by atoms with Crippen LogP contribution in [0.15, 0.2) is 54.6 Å². The number of aromatic amines is 1. The number of hydrogen-bond donors (Lipinski definition) is 2. The summed E-state index contributed by atoms with van der Waals surface area (Å²) in [5.74, 6) is 2.50. The number of nitrogens with one attached hydrogen (secondary N) is 2. The molecular formula is C35H46N6O2Si. The van der Waals surface area contributed by atoms with Gasteiger partial charge in [0.1, 0.15) is 18.5 Å². The number of anilines is 1. The van der Waals surface area contributed by atoms with E-state index in [0.29, 0.717) is 36.7 Å². The van der Waals surface area contributed by atoms with E-state index in [-0.39, 0.29) is 11.8 Å². The van der Waals surface area contributed by atoms with Gasteiger partial charge in [-0.15, -0.1) is 0 Å². The Hall–Kier alpha value is -3.56. The minimum Gasteiger partial charge on any atom is -0.360 e. The molecule has 9 heteroatoms. The minimum atomic E-state index is -1.13. The van der Waals surface area contributed by atoms with E-state index in [1.807, 2.05) is 41.9 Å². The maximum atomic E-state index is 14.0. The quantitative estimate of drug-likeness (QED) is 0.115. The molecule has 1 unspecified atom stereocenters. The van der Waals surface area contributed by atoms with Gasteiger partial charge in [0.15, 0.2) is 5.82 Å². The van der Waals surface area contributed by atoms with Gasteiger partial charge in [0, 0.05) is 38.0 Å². The lowest BCUT2D eigenvalue weighted by molar-refractivity contribution is -0.119. The van der Waals surface area contributed by atoms with Gasteiger partial charge < -0.3 is 10.1 Å². The Morgan fingerprint density at radius 2 is 1.70 bits per heavy atom. The molecular weight excluding hydrogens is 565 g/mol. The van der Waals surface area contributed by atoms with E-state index in [4.69, 9.17) is 14.8 Å². The van der Waals surface area contributed by atoms with Gasteiger partial charge in [-0.3, -0.25) is 9.89 Å². The number of rotatable bonds is 14. The van der Waals surface area contributed by atoms with Gasteiger partial charge in [-0.1, -0.05) is 62.1 Å². The van der Waals surface area contributed by atoms with Crippen LogP contribution in [0.5, 0.6) is 0 Å². The van der Waals surface area contributed by atoms with Crippen molar-refractivity contribution in [2.24, 2.45) is 17.8 Å². The first kappa shape index (κ1) is 30.5. The number of nitrogens with zero attached hydrogens (tertiary/aromatic N) is 4. The molecule has 2 aliphatic carbocycles. The molecule has 4 aromatic rings. The van der Waals surface area contributed by atoms with E-state index in [1.54, 1.807) is 0 Å². The standard InChI is InChI=1S/C35H46N6O2Si/c1-23-31(24(2)41(40-23)22-43-19-20-44(3,4)5)26-15-17-29(18-16-26)36-35(42)33(32(27-11-12-27)28-13-14-28)34-37-30(38-39-34)21-25-9-7-6-8-10-25/h6-10,15-18,27-28,32-33H,11-14,19-22H2,1-5H3,(H,36,42)(H,37,38,39). The van der Waals surface area contributed by atoms with Crippen molar-refractivity contribution in [3.63, 3.8) is 0 Å². The zero-order chi connectivity index (χ0) is 30.8. The normalized spacial score (nSPS) is 16.0. The average Bonchev–Trinajstić information content (AvgIpc) is 3.93. The van der Waals surface area contributed by atoms with Crippen molar-refractivity contribution < 1.29 is 9.53 Å². The van der Waals surface area contributed by atoms with Crippen LogP contribution in [0, 0.1) is 31.6 Å². The molecule has 2 fully saturated rings. The molecule has 1 amide bonds. The SMILES string of the molecule is Cc1nn(COCC[Si](C)(C)C)c(C)c1-c1ccc(NC(=O)C(c2n[nH]c(Cc3ccccc3)n2)C(C2CC2)C2CC2)cc1. The predicted octanol–water partition coefficient (Wildman–Crippen LogP) is 7.35. The van der Waals surface area contributed by atoms with Crippen molar-refractivity contribution in [1.82, 2.24) is 25.0 Å². The molecule has 2 aromatic heterocycles. The largest absolute Gasteiger partial charge is 0.360 e. The molecule has 0 aliphatic heterocycles. The maximum Gasteiger partial charge on any atom is 0.235 e. The van der Waals surface area contributed by atoms with Gasteiger partial charge in [-0.25, -0.2) is 9.67 Å². The molecule has 8 nitrogen and oxygen atoms in total. The molecule has 2 aliphatic rings. The number of H-pyrrole nitrogens is 1. The number of aromatic nitrogens is 5. The molecule has 232 valence electrons. The molecule has 0 saturated heterocycles. The first-order valence-corrected chi connectivity index (χ1v) is 19.8. The van der Waals surface area contributed by atoms with Crippen LogP contribution in [0.1, 0.15) is 60.2 Å². The van der Waals surface area contributed by atoms with Crippen molar-refractivity contribution in [3.8, 4) is 11.1 Å². The molecule has 2 heterocycles. The Balaban J connectivity index is 1.16.